The number of para-hydroxylation sites is 1. The minimum absolute atomic E-state index is 0.0815. The zero-order valence-electron chi connectivity index (χ0n) is 55.8. The fourth-order valence-corrected chi connectivity index (χ4v) is 15.9. The van der Waals surface area contributed by atoms with Crippen molar-refractivity contribution in [1.82, 2.24) is 4.57 Å². The number of rotatable bonds is 30. The fraction of sp³-hybridized carbons (Fsp3) is 0.294. The predicted octanol–water partition coefficient (Wildman–Crippen LogP) is 18.6. The Morgan fingerprint density at radius 2 is 0.726 bits per heavy atom. The lowest BCUT2D eigenvalue weighted by atomic mass is 9.73. The molecule has 0 N–H and O–H groups in total. The standard InChI is InChI=1S/C85H86N2O8/c1-83(2)75-24-14-10-22-68(75)73-56-62(32-36-76(73)83)87-81-27-17-13-23-71(81)74-54-60(28-37-82(74)87)65-33-29-61(55-72(65)59-18-8-7-9-19-59)86(63-30-34-69-66-20-11-15-25-77(66)84(79(69)57-63,38-42-92-50-46-88-3)39-43-93-51-47-89-4)64-31-35-70-67-21-12-16-26-78(67)85(80(70)58-64,40-44-94-52-48-90-5)41-45-95-53-49-91-6/h7-37,54-58H,38-53H2,1-6H3. The maximum Gasteiger partial charge on any atom is 0.0700 e. The predicted molar refractivity (Wildman–Crippen MR) is 386 cm³/mol. The van der Waals surface area contributed by atoms with Gasteiger partial charge in [-0.25, -0.2) is 0 Å². The molecule has 3 aliphatic rings. The van der Waals surface area contributed by atoms with E-state index in [4.69, 9.17) is 37.9 Å². The van der Waals surface area contributed by atoms with Crippen LogP contribution in [0, 0.1) is 0 Å². The van der Waals surface area contributed by atoms with Crippen molar-refractivity contribution in [3.05, 3.63) is 252 Å². The highest BCUT2D eigenvalue weighted by Crippen LogP contribution is 2.58. The second-order valence-corrected chi connectivity index (χ2v) is 26.1. The number of fused-ring (bicyclic) bond motifs is 12. The van der Waals surface area contributed by atoms with E-state index in [1.807, 2.05) is 0 Å². The lowest BCUT2D eigenvalue weighted by molar-refractivity contribution is 0.0490. The van der Waals surface area contributed by atoms with E-state index in [0.29, 0.717) is 79.3 Å². The number of methoxy groups -OCH3 is 4. The topological polar surface area (TPSA) is 82.0 Å². The Morgan fingerprint density at radius 1 is 0.295 bits per heavy atom. The third-order valence-corrected chi connectivity index (χ3v) is 20.6. The minimum atomic E-state index is -0.433. The molecular weight excluding hydrogens is 1180 g/mol. The summed E-state index contributed by atoms with van der Waals surface area (Å²) >= 11 is 0. The van der Waals surface area contributed by atoms with Gasteiger partial charge in [0.25, 0.3) is 0 Å². The van der Waals surface area contributed by atoms with Gasteiger partial charge in [0.15, 0.2) is 0 Å². The first-order valence-corrected chi connectivity index (χ1v) is 33.8. The van der Waals surface area contributed by atoms with Gasteiger partial charge in [0.2, 0.25) is 0 Å². The summed E-state index contributed by atoms with van der Waals surface area (Å²) in [6.45, 7) is 11.1. The van der Waals surface area contributed by atoms with Crippen LogP contribution >= 0.6 is 0 Å². The molecule has 0 aliphatic heterocycles. The zero-order valence-corrected chi connectivity index (χ0v) is 55.8. The first kappa shape index (κ1) is 63.9. The van der Waals surface area contributed by atoms with E-state index in [1.54, 1.807) is 28.4 Å². The molecule has 3 aliphatic carbocycles. The van der Waals surface area contributed by atoms with Gasteiger partial charge < -0.3 is 47.4 Å². The highest BCUT2D eigenvalue weighted by molar-refractivity contribution is 6.11. The molecule has 10 nitrogen and oxygen atoms in total. The van der Waals surface area contributed by atoms with E-state index in [9.17, 15) is 0 Å². The fourth-order valence-electron chi connectivity index (χ4n) is 15.9. The molecule has 10 heteroatoms. The SMILES string of the molecule is COCCOCCC1(CCOCCOC)c2ccccc2-c2ccc(N(c3ccc(-c4ccc5c(c4)c4ccccc4n5-c4ccc5c(c4)-c4ccccc4C5(C)C)c(-c4ccccc4)c3)c3ccc4c(c3)C(CCOCCOC)(CCOCCOC)c3ccccc3-4)cc21. The van der Waals surface area contributed by atoms with Crippen LogP contribution in [-0.4, -0.2) is 112 Å². The van der Waals surface area contributed by atoms with E-state index in [1.165, 1.54) is 88.6 Å². The summed E-state index contributed by atoms with van der Waals surface area (Å²) in [6, 6.07) is 82.2. The maximum absolute atomic E-state index is 6.41. The monoisotopic (exact) mass is 1260 g/mol. The molecule has 95 heavy (non-hydrogen) atoms. The second kappa shape index (κ2) is 28.0. The molecule has 0 saturated carbocycles. The second-order valence-electron chi connectivity index (χ2n) is 26.1. The van der Waals surface area contributed by atoms with E-state index >= 15 is 0 Å². The summed E-state index contributed by atoms with van der Waals surface area (Å²) in [6.07, 6.45) is 3.03. The first-order valence-electron chi connectivity index (χ1n) is 33.8. The third-order valence-electron chi connectivity index (χ3n) is 20.6. The van der Waals surface area contributed by atoms with Crippen molar-refractivity contribution >= 4 is 38.9 Å². The summed E-state index contributed by atoms with van der Waals surface area (Å²) in [5, 5.41) is 2.42. The largest absolute Gasteiger partial charge is 0.382 e. The number of anilines is 3. The Labute approximate surface area is 559 Å². The van der Waals surface area contributed by atoms with Crippen molar-refractivity contribution in [1.29, 1.82) is 0 Å². The van der Waals surface area contributed by atoms with Gasteiger partial charge in [0.05, 0.1) is 63.9 Å². The van der Waals surface area contributed by atoms with Gasteiger partial charge in [-0.1, -0.05) is 166 Å². The van der Waals surface area contributed by atoms with Gasteiger partial charge >= 0.3 is 0 Å². The molecule has 0 spiro atoms. The van der Waals surface area contributed by atoms with Crippen LogP contribution in [-0.2, 0) is 54.1 Å². The van der Waals surface area contributed by atoms with Crippen molar-refractivity contribution in [3.8, 4) is 61.3 Å². The van der Waals surface area contributed by atoms with Gasteiger partial charge in [-0.2, -0.15) is 0 Å². The van der Waals surface area contributed by atoms with Crippen molar-refractivity contribution in [2.24, 2.45) is 0 Å². The summed E-state index contributed by atoms with van der Waals surface area (Å²) in [7, 11) is 6.90. The average molecular weight is 1260 g/mol. The number of ether oxygens (including phenoxy) is 8. The van der Waals surface area contributed by atoms with Crippen LogP contribution in [0.15, 0.2) is 218 Å². The minimum Gasteiger partial charge on any atom is -0.382 e. The van der Waals surface area contributed by atoms with Gasteiger partial charge in [-0.15, -0.1) is 0 Å². The van der Waals surface area contributed by atoms with E-state index in [0.717, 1.165) is 70.7 Å². The molecule has 0 atom stereocenters. The quantitative estimate of drug-likeness (QED) is 0.0409. The van der Waals surface area contributed by atoms with Gasteiger partial charge in [0, 0.05) is 105 Å². The number of hydrogen-bond acceptors (Lipinski definition) is 9. The summed E-state index contributed by atoms with van der Waals surface area (Å²) < 4.78 is 49.9. The van der Waals surface area contributed by atoms with E-state index < -0.39 is 10.8 Å². The van der Waals surface area contributed by atoms with Crippen LogP contribution < -0.4 is 4.90 Å². The molecular formula is C85H86N2O8. The number of hydrogen-bond donors (Lipinski definition) is 0. The van der Waals surface area contributed by atoms with Crippen molar-refractivity contribution in [2.75, 3.05) is 113 Å². The molecule has 484 valence electrons. The Morgan fingerprint density at radius 3 is 1.26 bits per heavy atom. The normalized spacial score (nSPS) is 14.2. The van der Waals surface area contributed by atoms with Crippen LogP contribution in [0.4, 0.5) is 17.1 Å². The Bertz CT molecular complexity index is 4370. The molecule has 1 aromatic heterocycles. The van der Waals surface area contributed by atoms with E-state index in [2.05, 4.69) is 242 Å². The van der Waals surface area contributed by atoms with Crippen LogP contribution in [0.1, 0.15) is 72.9 Å². The van der Waals surface area contributed by atoms with Gasteiger partial charge in [-0.3, -0.25) is 0 Å². The summed E-state index contributed by atoms with van der Waals surface area (Å²) in [5.74, 6) is 0. The Hall–Kier alpha value is -8.52. The summed E-state index contributed by atoms with van der Waals surface area (Å²) in [4.78, 5) is 2.50. The molecule has 0 amide bonds. The van der Waals surface area contributed by atoms with Gasteiger partial charge in [-0.05, 0) is 181 Å². The highest BCUT2D eigenvalue weighted by atomic mass is 16.5. The van der Waals surface area contributed by atoms with Gasteiger partial charge in [0.1, 0.15) is 0 Å². The summed E-state index contributed by atoms with van der Waals surface area (Å²) in [5.41, 5.74) is 25.6. The average Bonchev–Trinajstić information content (AvgIpc) is 1.59. The number of benzene rings is 10. The van der Waals surface area contributed by atoms with Crippen molar-refractivity contribution in [2.45, 2.75) is 55.8 Å². The molecule has 0 bridgehead atoms. The third kappa shape index (κ3) is 11.8. The molecule has 11 aromatic rings. The number of nitrogens with zero attached hydrogens (tertiary/aromatic N) is 2. The molecule has 0 radical (unpaired) electrons. The van der Waals surface area contributed by atoms with Crippen LogP contribution in [0.25, 0.3) is 83.1 Å². The zero-order chi connectivity index (χ0) is 64.9. The smallest absolute Gasteiger partial charge is 0.0700 e. The van der Waals surface area contributed by atoms with Crippen LogP contribution in [0.2, 0.25) is 0 Å². The Kier molecular flexibility index (Phi) is 18.9. The van der Waals surface area contributed by atoms with Crippen LogP contribution in [0.3, 0.4) is 0 Å². The lowest BCUT2D eigenvalue weighted by Gasteiger charge is -2.35. The molecule has 0 saturated heterocycles. The van der Waals surface area contributed by atoms with Crippen molar-refractivity contribution in [3.63, 3.8) is 0 Å². The van der Waals surface area contributed by atoms with E-state index in [-0.39, 0.29) is 5.41 Å². The Balaban J connectivity index is 0.949. The molecule has 14 rings (SSSR count). The number of aromatic nitrogens is 1. The molecule has 0 fully saturated rings. The molecule has 0 unspecified atom stereocenters. The van der Waals surface area contributed by atoms with Crippen molar-refractivity contribution < 1.29 is 37.9 Å². The molecule has 1 heterocycles. The first-order chi connectivity index (χ1) is 46.7. The lowest BCUT2D eigenvalue weighted by Crippen LogP contribution is -2.30. The highest BCUT2D eigenvalue weighted by Gasteiger charge is 2.45. The molecule has 10 aromatic carbocycles. The maximum atomic E-state index is 6.41. The van der Waals surface area contributed by atoms with Crippen LogP contribution in [0.5, 0.6) is 0 Å².